The Kier molecular flexibility index (Phi) is 7.04. The quantitative estimate of drug-likeness (QED) is 0.746. The van der Waals surface area contributed by atoms with Gasteiger partial charge in [-0.05, 0) is 38.4 Å². The molecular weight excluding hydrogens is 256 g/mol. The Morgan fingerprint density at radius 1 is 1.45 bits per heavy atom. The molecular formula is C15H24N2O3. The summed E-state index contributed by atoms with van der Waals surface area (Å²) in [5.74, 6) is 0.560. The Hall–Kier alpha value is -1.59. The number of nitrogens with one attached hydrogen (secondary N) is 1. The molecule has 1 aromatic carbocycles. The second-order valence-corrected chi connectivity index (χ2v) is 4.86. The lowest BCUT2D eigenvalue weighted by Crippen LogP contribution is -2.38. The van der Waals surface area contributed by atoms with E-state index in [1.54, 1.807) is 7.11 Å². The van der Waals surface area contributed by atoms with Gasteiger partial charge in [0.15, 0.2) is 6.61 Å². The average molecular weight is 280 g/mol. The first kappa shape index (κ1) is 16.5. The lowest BCUT2D eigenvalue weighted by molar-refractivity contribution is -0.124. The smallest absolute Gasteiger partial charge is 0.258 e. The van der Waals surface area contributed by atoms with Crippen LogP contribution < -0.4 is 15.8 Å². The lowest BCUT2D eigenvalue weighted by Gasteiger charge is -2.15. The van der Waals surface area contributed by atoms with Gasteiger partial charge in [0.05, 0.1) is 6.61 Å². The number of carbonyl (C=O) groups excluding carboxylic acids is 1. The summed E-state index contributed by atoms with van der Waals surface area (Å²) in [5.41, 5.74) is 7.77. The normalized spacial score (nSPS) is 12.0. The van der Waals surface area contributed by atoms with Crippen molar-refractivity contribution < 1.29 is 14.3 Å². The number of hydrogen-bond donors (Lipinski definition) is 2. The van der Waals surface area contributed by atoms with Gasteiger partial charge in [-0.3, -0.25) is 4.79 Å². The van der Waals surface area contributed by atoms with Crippen molar-refractivity contribution >= 4 is 5.91 Å². The van der Waals surface area contributed by atoms with Crippen molar-refractivity contribution in [3.05, 3.63) is 29.3 Å². The second kappa shape index (κ2) is 8.55. The number of ether oxygens (including phenoxy) is 2. The SMILES string of the molecule is COCC(C)NC(=O)COc1ccc(C)cc1CCN. The zero-order chi connectivity index (χ0) is 15.0. The van der Waals surface area contributed by atoms with Gasteiger partial charge in [0.1, 0.15) is 5.75 Å². The summed E-state index contributed by atoms with van der Waals surface area (Å²) >= 11 is 0. The van der Waals surface area contributed by atoms with Gasteiger partial charge in [0, 0.05) is 13.2 Å². The van der Waals surface area contributed by atoms with Crippen molar-refractivity contribution in [2.45, 2.75) is 26.3 Å². The van der Waals surface area contributed by atoms with Crippen molar-refractivity contribution in [1.29, 1.82) is 0 Å². The third-order valence-corrected chi connectivity index (χ3v) is 2.81. The Bertz CT molecular complexity index is 435. The molecule has 5 nitrogen and oxygen atoms in total. The zero-order valence-electron chi connectivity index (χ0n) is 12.4. The maximum absolute atomic E-state index is 11.7. The van der Waals surface area contributed by atoms with Gasteiger partial charge in [0.25, 0.3) is 5.91 Å². The number of amides is 1. The summed E-state index contributed by atoms with van der Waals surface area (Å²) in [4.78, 5) is 11.7. The fourth-order valence-corrected chi connectivity index (χ4v) is 1.95. The highest BCUT2D eigenvalue weighted by molar-refractivity contribution is 5.77. The van der Waals surface area contributed by atoms with E-state index in [1.807, 2.05) is 32.0 Å². The number of methoxy groups -OCH3 is 1. The second-order valence-electron chi connectivity index (χ2n) is 4.86. The molecule has 5 heteroatoms. The molecule has 0 aliphatic heterocycles. The van der Waals surface area contributed by atoms with E-state index in [1.165, 1.54) is 0 Å². The number of rotatable bonds is 8. The van der Waals surface area contributed by atoms with Gasteiger partial charge in [0.2, 0.25) is 0 Å². The molecule has 0 saturated heterocycles. The average Bonchev–Trinajstić information content (AvgIpc) is 2.38. The first-order chi connectivity index (χ1) is 9.56. The van der Waals surface area contributed by atoms with Crippen molar-refractivity contribution in [2.24, 2.45) is 5.73 Å². The number of carbonyl (C=O) groups is 1. The Balaban J connectivity index is 2.54. The van der Waals surface area contributed by atoms with Crippen LogP contribution in [0, 0.1) is 6.92 Å². The van der Waals surface area contributed by atoms with Crippen molar-refractivity contribution in [3.8, 4) is 5.75 Å². The van der Waals surface area contributed by atoms with Crippen molar-refractivity contribution in [3.63, 3.8) is 0 Å². The molecule has 0 aliphatic rings. The summed E-state index contributed by atoms with van der Waals surface area (Å²) in [7, 11) is 1.60. The minimum atomic E-state index is -0.158. The van der Waals surface area contributed by atoms with Crippen LogP contribution in [0.1, 0.15) is 18.1 Å². The largest absolute Gasteiger partial charge is 0.483 e. The van der Waals surface area contributed by atoms with Crippen molar-refractivity contribution in [1.82, 2.24) is 5.32 Å². The number of aryl methyl sites for hydroxylation is 1. The fraction of sp³-hybridized carbons (Fsp3) is 0.533. The van der Waals surface area contributed by atoms with E-state index in [0.717, 1.165) is 23.3 Å². The molecule has 0 spiro atoms. The van der Waals surface area contributed by atoms with Crippen LogP contribution >= 0.6 is 0 Å². The van der Waals surface area contributed by atoms with Gasteiger partial charge in [-0.15, -0.1) is 0 Å². The summed E-state index contributed by atoms with van der Waals surface area (Å²) in [6.45, 7) is 4.93. The van der Waals surface area contributed by atoms with E-state index >= 15 is 0 Å². The molecule has 0 bridgehead atoms. The van der Waals surface area contributed by atoms with Crippen LogP contribution in [0.2, 0.25) is 0 Å². The minimum Gasteiger partial charge on any atom is -0.483 e. The Morgan fingerprint density at radius 3 is 2.85 bits per heavy atom. The molecule has 1 rings (SSSR count). The zero-order valence-corrected chi connectivity index (χ0v) is 12.4. The van der Waals surface area contributed by atoms with Crippen LogP contribution in [0.3, 0.4) is 0 Å². The molecule has 1 unspecified atom stereocenters. The van der Waals surface area contributed by atoms with Gasteiger partial charge in [-0.1, -0.05) is 17.7 Å². The molecule has 1 atom stereocenters. The van der Waals surface area contributed by atoms with Crippen LogP contribution in [0.4, 0.5) is 0 Å². The molecule has 0 radical (unpaired) electrons. The van der Waals surface area contributed by atoms with Crippen LogP contribution in [0.5, 0.6) is 5.75 Å². The van der Waals surface area contributed by atoms with Crippen LogP contribution in [0.25, 0.3) is 0 Å². The highest BCUT2D eigenvalue weighted by atomic mass is 16.5. The molecule has 0 fully saturated rings. The number of hydrogen-bond acceptors (Lipinski definition) is 4. The van der Waals surface area contributed by atoms with E-state index in [9.17, 15) is 4.79 Å². The van der Waals surface area contributed by atoms with Gasteiger partial charge in [-0.25, -0.2) is 0 Å². The third-order valence-electron chi connectivity index (χ3n) is 2.81. The fourth-order valence-electron chi connectivity index (χ4n) is 1.95. The van der Waals surface area contributed by atoms with Crippen LogP contribution in [0.15, 0.2) is 18.2 Å². The lowest BCUT2D eigenvalue weighted by atomic mass is 10.1. The maximum Gasteiger partial charge on any atom is 0.258 e. The maximum atomic E-state index is 11.7. The number of nitrogens with two attached hydrogens (primary N) is 1. The molecule has 0 heterocycles. The summed E-state index contributed by atoms with van der Waals surface area (Å²) in [6.07, 6.45) is 0.735. The van der Waals surface area contributed by atoms with E-state index < -0.39 is 0 Å². The standard InChI is InChI=1S/C15H24N2O3/c1-11-4-5-14(13(8-11)6-7-16)20-10-15(18)17-12(2)9-19-3/h4-5,8,12H,6-7,9-10,16H2,1-3H3,(H,17,18). The molecule has 112 valence electrons. The molecule has 1 aromatic rings. The first-order valence-electron chi connectivity index (χ1n) is 6.77. The molecule has 0 aromatic heterocycles. The van der Waals surface area contributed by atoms with Crippen molar-refractivity contribution in [2.75, 3.05) is 26.9 Å². The highest BCUT2D eigenvalue weighted by Crippen LogP contribution is 2.20. The van der Waals surface area contributed by atoms with E-state index in [0.29, 0.717) is 13.2 Å². The topological polar surface area (TPSA) is 73.6 Å². The monoisotopic (exact) mass is 280 g/mol. The van der Waals surface area contributed by atoms with Crippen LogP contribution in [-0.2, 0) is 16.0 Å². The molecule has 20 heavy (non-hydrogen) atoms. The molecule has 0 aliphatic carbocycles. The van der Waals surface area contributed by atoms with E-state index in [4.69, 9.17) is 15.2 Å². The van der Waals surface area contributed by atoms with Gasteiger partial charge in [-0.2, -0.15) is 0 Å². The molecule has 1 amide bonds. The molecule has 3 N–H and O–H groups in total. The highest BCUT2D eigenvalue weighted by Gasteiger charge is 2.09. The predicted octanol–water partition coefficient (Wildman–Crippen LogP) is 1.03. The summed E-state index contributed by atoms with van der Waals surface area (Å²) < 4.78 is 10.5. The number of benzene rings is 1. The minimum absolute atomic E-state index is 0.00527. The summed E-state index contributed by atoms with van der Waals surface area (Å²) in [5, 5.41) is 2.80. The third kappa shape index (κ3) is 5.59. The van der Waals surface area contributed by atoms with Crippen LogP contribution in [-0.4, -0.2) is 38.8 Å². The van der Waals surface area contributed by atoms with E-state index in [2.05, 4.69) is 5.32 Å². The van der Waals surface area contributed by atoms with Gasteiger partial charge >= 0.3 is 0 Å². The Labute approximate surface area is 120 Å². The first-order valence-corrected chi connectivity index (χ1v) is 6.77. The molecule has 0 saturated carbocycles. The van der Waals surface area contributed by atoms with E-state index in [-0.39, 0.29) is 18.6 Å². The Morgan fingerprint density at radius 2 is 2.20 bits per heavy atom. The van der Waals surface area contributed by atoms with Gasteiger partial charge < -0.3 is 20.5 Å². The predicted molar refractivity (Wildman–Crippen MR) is 78.9 cm³/mol. The summed E-state index contributed by atoms with van der Waals surface area (Å²) in [6, 6.07) is 5.85.